The van der Waals surface area contributed by atoms with Crippen molar-refractivity contribution in [1.82, 2.24) is 10.3 Å². The second-order valence-corrected chi connectivity index (χ2v) is 6.44. The molecule has 0 spiro atoms. The molecule has 2 nitrogen and oxygen atoms in total. The molecular weight excluding hydrogens is 324 g/mol. The first-order valence-corrected chi connectivity index (χ1v) is 8.31. The van der Waals surface area contributed by atoms with E-state index in [0.717, 1.165) is 35.2 Å². The zero-order chi connectivity index (χ0) is 15.2. The van der Waals surface area contributed by atoms with Gasteiger partial charge in [0, 0.05) is 21.9 Å². The first-order valence-electron chi connectivity index (χ1n) is 7.51. The summed E-state index contributed by atoms with van der Waals surface area (Å²) in [5, 5.41) is 3.67. The maximum atomic E-state index is 4.48. The van der Waals surface area contributed by atoms with Crippen molar-refractivity contribution >= 4 is 15.9 Å². The van der Waals surface area contributed by atoms with Crippen molar-refractivity contribution in [2.75, 3.05) is 6.54 Å². The minimum absolute atomic E-state index is 0.333. The lowest BCUT2D eigenvalue weighted by Gasteiger charge is -2.20. The SMILES string of the molecule is CCCNC(Cc1cccc(Br)c1)c1cc(C)nc(C)c1. The average molecular weight is 347 g/mol. The van der Waals surface area contributed by atoms with Crippen LogP contribution in [-0.4, -0.2) is 11.5 Å². The van der Waals surface area contributed by atoms with Gasteiger partial charge < -0.3 is 5.32 Å². The van der Waals surface area contributed by atoms with Gasteiger partial charge >= 0.3 is 0 Å². The second-order valence-electron chi connectivity index (χ2n) is 5.52. The molecule has 112 valence electrons. The lowest BCUT2D eigenvalue weighted by molar-refractivity contribution is 0.528. The molecule has 2 aromatic rings. The third-order valence-electron chi connectivity index (χ3n) is 3.48. The van der Waals surface area contributed by atoms with E-state index in [-0.39, 0.29) is 0 Å². The Morgan fingerprint density at radius 1 is 1.14 bits per heavy atom. The summed E-state index contributed by atoms with van der Waals surface area (Å²) in [4.78, 5) is 4.48. The molecule has 1 atom stereocenters. The molecule has 3 heteroatoms. The number of nitrogens with one attached hydrogen (secondary N) is 1. The fraction of sp³-hybridized carbons (Fsp3) is 0.389. The van der Waals surface area contributed by atoms with Gasteiger partial charge in [-0.1, -0.05) is 35.0 Å². The van der Waals surface area contributed by atoms with Crippen LogP contribution in [0.1, 0.15) is 41.9 Å². The fourth-order valence-electron chi connectivity index (χ4n) is 2.59. The van der Waals surface area contributed by atoms with E-state index in [1.165, 1.54) is 11.1 Å². The standard InChI is InChI=1S/C18H23BrN2/c1-4-8-20-18(12-15-6-5-7-17(19)11-15)16-9-13(2)21-14(3)10-16/h5-7,9-11,18,20H,4,8,12H2,1-3H3. The zero-order valence-corrected chi connectivity index (χ0v) is 14.6. The normalized spacial score (nSPS) is 12.4. The van der Waals surface area contributed by atoms with Gasteiger partial charge in [-0.25, -0.2) is 0 Å². The summed E-state index contributed by atoms with van der Waals surface area (Å²) in [6, 6.07) is 13.3. The molecular formula is C18H23BrN2. The van der Waals surface area contributed by atoms with Gasteiger partial charge in [-0.15, -0.1) is 0 Å². The molecule has 0 saturated heterocycles. The van der Waals surface area contributed by atoms with Crippen LogP contribution in [0.5, 0.6) is 0 Å². The number of rotatable bonds is 6. The van der Waals surface area contributed by atoms with E-state index < -0.39 is 0 Å². The Labute approximate surface area is 136 Å². The third-order valence-corrected chi connectivity index (χ3v) is 3.97. The van der Waals surface area contributed by atoms with Crippen molar-refractivity contribution in [1.29, 1.82) is 0 Å². The summed E-state index contributed by atoms with van der Waals surface area (Å²) in [7, 11) is 0. The highest BCUT2D eigenvalue weighted by Gasteiger charge is 2.13. The van der Waals surface area contributed by atoms with Gasteiger partial charge in [0.15, 0.2) is 0 Å². The smallest absolute Gasteiger partial charge is 0.0379 e. The summed E-state index contributed by atoms with van der Waals surface area (Å²) < 4.78 is 1.14. The number of hydrogen-bond donors (Lipinski definition) is 1. The first-order chi connectivity index (χ1) is 10.1. The number of pyridine rings is 1. The molecule has 1 N–H and O–H groups in total. The predicted molar refractivity (Wildman–Crippen MR) is 92.6 cm³/mol. The van der Waals surface area contributed by atoms with E-state index in [1.807, 2.05) is 0 Å². The number of benzene rings is 1. The van der Waals surface area contributed by atoms with Crippen molar-refractivity contribution in [3.63, 3.8) is 0 Å². The monoisotopic (exact) mass is 346 g/mol. The van der Waals surface area contributed by atoms with Gasteiger partial charge in [-0.2, -0.15) is 0 Å². The quantitative estimate of drug-likeness (QED) is 0.816. The van der Waals surface area contributed by atoms with E-state index in [0.29, 0.717) is 6.04 Å². The molecule has 0 fully saturated rings. The molecule has 0 aliphatic carbocycles. The van der Waals surface area contributed by atoms with Gasteiger partial charge in [0.05, 0.1) is 0 Å². The molecule has 0 radical (unpaired) electrons. The summed E-state index contributed by atoms with van der Waals surface area (Å²) in [6.07, 6.45) is 2.13. The lowest BCUT2D eigenvalue weighted by Crippen LogP contribution is -2.24. The van der Waals surface area contributed by atoms with Crippen LogP contribution in [0.3, 0.4) is 0 Å². The molecule has 0 aliphatic rings. The topological polar surface area (TPSA) is 24.9 Å². The van der Waals surface area contributed by atoms with Crippen LogP contribution in [-0.2, 0) is 6.42 Å². The number of hydrogen-bond acceptors (Lipinski definition) is 2. The van der Waals surface area contributed by atoms with E-state index in [9.17, 15) is 0 Å². The van der Waals surface area contributed by atoms with Gasteiger partial charge in [-0.05, 0) is 68.6 Å². The van der Waals surface area contributed by atoms with Crippen molar-refractivity contribution in [3.8, 4) is 0 Å². The Kier molecular flexibility index (Phi) is 5.95. The molecule has 21 heavy (non-hydrogen) atoms. The summed E-state index contributed by atoms with van der Waals surface area (Å²) >= 11 is 3.55. The van der Waals surface area contributed by atoms with Crippen molar-refractivity contribution in [3.05, 3.63) is 63.4 Å². The Bertz CT molecular complexity index is 575. The molecule has 1 aromatic carbocycles. The summed E-state index contributed by atoms with van der Waals surface area (Å²) in [6.45, 7) is 7.35. The summed E-state index contributed by atoms with van der Waals surface area (Å²) in [5.74, 6) is 0. The predicted octanol–water partition coefficient (Wildman–Crippen LogP) is 4.74. The molecule has 1 unspecified atom stereocenters. The molecule has 0 amide bonds. The van der Waals surface area contributed by atoms with Crippen LogP contribution >= 0.6 is 15.9 Å². The van der Waals surface area contributed by atoms with Crippen LogP contribution < -0.4 is 5.32 Å². The Morgan fingerprint density at radius 3 is 2.48 bits per heavy atom. The largest absolute Gasteiger partial charge is 0.310 e. The molecule has 2 rings (SSSR count). The van der Waals surface area contributed by atoms with E-state index >= 15 is 0 Å². The minimum atomic E-state index is 0.333. The maximum Gasteiger partial charge on any atom is 0.0379 e. The van der Waals surface area contributed by atoms with E-state index in [2.05, 4.69) is 83.4 Å². The highest BCUT2D eigenvalue weighted by Crippen LogP contribution is 2.22. The average Bonchev–Trinajstić information content (AvgIpc) is 2.42. The van der Waals surface area contributed by atoms with Crippen molar-refractivity contribution in [2.45, 2.75) is 39.7 Å². The molecule has 0 aliphatic heterocycles. The lowest BCUT2D eigenvalue weighted by atomic mass is 9.98. The number of aryl methyl sites for hydroxylation is 2. The van der Waals surface area contributed by atoms with Gasteiger partial charge in [0.1, 0.15) is 0 Å². The Balaban J connectivity index is 2.25. The van der Waals surface area contributed by atoms with Crippen LogP contribution in [0.4, 0.5) is 0 Å². The molecule has 1 heterocycles. The second kappa shape index (κ2) is 7.71. The molecule has 1 aromatic heterocycles. The fourth-order valence-corrected chi connectivity index (χ4v) is 3.04. The number of aromatic nitrogens is 1. The molecule has 0 saturated carbocycles. The zero-order valence-electron chi connectivity index (χ0n) is 13.0. The van der Waals surface area contributed by atoms with Crippen molar-refractivity contribution < 1.29 is 0 Å². The molecule has 0 bridgehead atoms. The Hall–Kier alpha value is -1.19. The van der Waals surface area contributed by atoms with Gasteiger partial charge in [0.2, 0.25) is 0 Å². The van der Waals surface area contributed by atoms with Gasteiger partial charge in [0.25, 0.3) is 0 Å². The third kappa shape index (κ3) is 4.94. The van der Waals surface area contributed by atoms with Crippen LogP contribution in [0.25, 0.3) is 0 Å². The van der Waals surface area contributed by atoms with Crippen LogP contribution in [0.15, 0.2) is 40.9 Å². The highest BCUT2D eigenvalue weighted by atomic mass is 79.9. The van der Waals surface area contributed by atoms with Crippen LogP contribution in [0, 0.1) is 13.8 Å². The Morgan fingerprint density at radius 2 is 1.86 bits per heavy atom. The van der Waals surface area contributed by atoms with Crippen LogP contribution in [0.2, 0.25) is 0 Å². The van der Waals surface area contributed by atoms with Crippen molar-refractivity contribution in [2.24, 2.45) is 0 Å². The number of halogens is 1. The van der Waals surface area contributed by atoms with Gasteiger partial charge in [-0.3, -0.25) is 4.98 Å². The number of nitrogens with zero attached hydrogens (tertiary/aromatic N) is 1. The maximum absolute atomic E-state index is 4.48. The minimum Gasteiger partial charge on any atom is -0.310 e. The summed E-state index contributed by atoms with van der Waals surface area (Å²) in [5.41, 5.74) is 4.84. The van der Waals surface area contributed by atoms with E-state index in [1.54, 1.807) is 0 Å². The van der Waals surface area contributed by atoms with E-state index in [4.69, 9.17) is 0 Å². The first kappa shape index (κ1) is 16.2. The highest BCUT2D eigenvalue weighted by molar-refractivity contribution is 9.10.